The monoisotopic (exact) mass is 519 g/mol. The smallest absolute Gasteiger partial charge is 0.424 e. The van der Waals surface area contributed by atoms with Crippen molar-refractivity contribution in [2.45, 2.75) is 72.1 Å². The Morgan fingerprint density at radius 3 is 2.14 bits per heavy atom. The summed E-state index contributed by atoms with van der Waals surface area (Å²) in [5.41, 5.74) is 1.53. The van der Waals surface area contributed by atoms with Gasteiger partial charge >= 0.3 is 18.2 Å². The Morgan fingerprint density at radius 1 is 0.973 bits per heavy atom. The van der Waals surface area contributed by atoms with Gasteiger partial charge in [0.15, 0.2) is 0 Å². The number of anilines is 1. The highest BCUT2D eigenvalue weighted by atomic mass is 16.6. The first kappa shape index (κ1) is 28.8. The molecule has 3 rings (SSSR count). The van der Waals surface area contributed by atoms with Crippen molar-refractivity contribution in [2.75, 3.05) is 45.5 Å². The molecule has 0 saturated heterocycles. The second kappa shape index (κ2) is 11.7. The average Bonchev–Trinajstić information content (AvgIpc) is 2.84. The van der Waals surface area contributed by atoms with Gasteiger partial charge in [0, 0.05) is 7.11 Å². The Hall–Kier alpha value is -2.81. The first-order chi connectivity index (χ1) is 17.6. The molecule has 2 amide bonds. The van der Waals surface area contributed by atoms with Crippen LogP contribution in [0.15, 0.2) is 6.07 Å². The predicted octanol–water partition coefficient (Wildman–Crippen LogP) is 5.65. The van der Waals surface area contributed by atoms with E-state index in [9.17, 15) is 14.4 Å². The molecule has 2 aliphatic rings. The number of benzene rings is 1. The molecule has 1 unspecified atom stereocenters. The van der Waals surface area contributed by atoms with Gasteiger partial charge in [0.25, 0.3) is 0 Å². The topological polar surface area (TPSA) is 101 Å². The number of carbonyl (C=O) groups excluding carboxylic acids is 3. The van der Waals surface area contributed by atoms with Crippen LogP contribution in [-0.2, 0) is 30.8 Å². The fraction of sp³-hybridized carbons (Fsp3) is 0.679. The first-order valence-corrected chi connectivity index (χ1v) is 13.2. The molecule has 0 aromatic heterocycles. The van der Waals surface area contributed by atoms with Crippen LogP contribution in [0.5, 0.6) is 5.75 Å². The van der Waals surface area contributed by atoms with Crippen LogP contribution in [0.1, 0.15) is 81.8 Å². The highest BCUT2D eigenvalue weighted by Crippen LogP contribution is 2.59. The fourth-order valence-electron chi connectivity index (χ4n) is 6.65. The number of imide groups is 1. The third-order valence-electron chi connectivity index (χ3n) is 8.02. The first-order valence-electron chi connectivity index (χ1n) is 13.2. The van der Waals surface area contributed by atoms with Gasteiger partial charge in [-0.05, 0) is 80.4 Å². The van der Waals surface area contributed by atoms with E-state index >= 15 is 0 Å². The van der Waals surface area contributed by atoms with Crippen molar-refractivity contribution in [3.8, 4) is 5.75 Å². The zero-order valence-corrected chi connectivity index (χ0v) is 23.2. The average molecular weight is 520 g/mol. The van der Waals surface area contributed by atoms with Gasteiger partial charge < -0.3 is 23.7 Å². The summed E-state index contributed by atoms with van der Waals surface area (Å²) < 4.78 is 27.2. The van der Waals surface area contributed by atoms with Crippen molar-refractivity contribution in [3.63, 3.8) is 0 Å². The molecule has 9 heteroatoms. The van der Waals surface area contributed by atoms with Gasteiger partial charge in [0.1, 0.15) is 11.3 Å². The lowest BCUT2D eigenvalue weighted by molar-refractivity contribution is -0.0324. The summed E-state index contributed by atoms with van der Waals surface area (Å²) in [7, 11) is 3.20. The second-order valence-electron chi connectivity index (χ2n) is 10.2. The van der Waals surface area contributed by atoms with Gasteiger partial charge in [-0.3, -0.25) is 0 Å². The van der Waals surface area contributed by atoms with Crippen molar-refractivity contribution >= 4 is 23.8 Å². The van der Waals surface area contributed by atoms with Crippen LogP contribution in [0.2, 0.25) is 0 Å². The van der Waals surface area contributed by atoms with Gasteiger partial charge in [0.05, 0.1) is 39.2 Å². The molecular weight excluding hydrogens is 478 g/mol. The number of nitrogens with zero attached hydrogens (tertiary/aromatic N) is 1. The fourth-order valence-corrected chi connectivity index (χ4v) is 6.65. The summed E-state index contributed by atoms with van der Waals surface area (Å²) in [5.74, 6) is -0.145. The molecule has 0 spiro atoms. The third-order valence-corrected chi connectivity index (χ3v) is 8.02. The van der Waals surface area contributed by atoms with Crippen LogP contribution in [0.3, 0.4) is 0 Å². The van der Waals surface area contributed by atoms with Gasteiger partial charge in [0.2, 0.25) is 0 Å². The Balaban J connectivity index is 2.37. The lowest BCUT2D eigenvalue weighted by Gasteiger charge is -2.55. The number of fused-ring (bicyclic) bond motifs is 3. The Labute approximate surface area is 219 Å². The van der Waals surface area contributed by atoms with Crippen LogP contribution in [0, 0.1) is 11.3 Å². The van der Waals surface area contributed by atoms with E-state index in [0.717, 1.165) is 41.7 Å². The van der Waals surface area contributed by atoms with Gasteiger partial charge in [-0.1, -0.05) is 20.3 Å². The third kappa shape index (κ3) is 5.15. The SMILES string of the molecule is CCOC(=O)c1c(OC)cc2c(c1N(C(=O)OCC)C(=O)OCC)CCC1[C@@](C)(COC)CCC[C@]21C. The molecule has 0 aliphatic heterocycles. The quantitative estimate of drug-likeness (QED) is 0.321. The molecule has 2 aliphatic carbocycles. The van der Waals surface area contributed by atoms with E-state index in [1.165, 1.54) is 7.11 Å². The minimum Gasteiger partial charge on any atom is -0.496 e. The minimum atomic E-state index is -0.915. The molecule has 0 heterocycles. The molecule has 206 valence electrons. The van der Waals surface area contributed by atoms with E-state index in [1.807, 2.05) is 6.07 Å². The van der Waals surface area contributed by atoms with Crippen LogP contribution < -0.4 is 9.64 Å². The second-order valence-corrected chi connectivity index (χ2v) is 10.2. The molecule has 9 nitrogen and oxygen atoms in total. The standard InChI is InChI=1S/C28H41NO8/c1-8-35-24(30)22-20(34-7)16-19-18(23(22)29(25(31)36-9-2)26(32)37-10-3)12-13-21-27(4,17-33-6)14-11-15-28(19,21)5/h16,21H,8-15,17H2,1-7H3/t21?,27-,28-/m1/s1. The zero-order chi connectivity index (χ0) is 27.4. The number of ether oxygens (including phenoxy) is 5. The summed E-state index contributed by atoms with van der Waals surface area (Å²) >= 11 is 0. The van der Waals surface area contributed by atoms with Crippen LogP contribution >= 0.6 is 0 Å². The number of hydrogen-bond donors (Lipinski definition) is 0. The Kier molecular flexibility index (Phi) is 9.10. The Morgan fingerprint density at radius 2 is 1.59 bits per heavy atom. The summed E-state index contributed by atoms with van der Waals surface area (Å²) in [5, 5.41) is 0. The zero-order valence-electron chi connectivity index (χ0n) is 23.2. The van der Waals surface area contributed by atoms with Gasteiger partial charge in [-0.25, -0.2) is 14.4 Å². The molecule has 1 fully saturated rings. The number of methoxy groups -OCH3 is 2. The maximum atomic E-state index is 13.3. The van der Waals surface area contributed by atoms with E-state index in [2.05, 4.69) is 13.8 Å². The number of amides is 2. The van der Waals surface area contributed by atoms with Crippen LogP contribution in [-0.4, -0.2) is 58.8 Å². The maximum absolute atomic E-state index is 13.3. The number of rotatable bonds is 8. The van der Waals surface area contributed by atoms with E-state index in [0.29, 0.717) is 18.9 Å². The lowest BCUT2D eigenvalue weighted by Crippen LogP contribution is -2.51. The lowest BCUT2D eigenvalue weighted by atomic mass is 9.50. The predicted molar refractivity (Wildman–Crippen MR) is 138 cm³/mol. The summed E-state index contributed by atoms with van der Waals surface area (Å²) in [6, 6.07) is 1.89. The number of hydrogen-bond acceptors (Lipinski definition) is 8. The Bertz CT molecular complexity index is 1000. The molecule has 0 N–H and O–H groups in total. The molecular formula is C28H41NO8. The number of esters is 1. The normalized spacial score (nSPS) is 24.4. The molecule has 1 aromatic rings. The van der Waals surface area contributed by atoms with Crippen LogP contribution in [0.4, 0.5) is 15.3 Å². The van der Waals surface area contributed by atoms with Gasteiger partial charge in [-0.15, -0.1) is 0 Å². The van der Waals surface area contributed by atoms with Crippen molar-refractivity contribution in [2.24, 2.45) is 11.3 Å². The molecule has 1 saturated carbocycles. The van der Waals surface area contributed by atoms with E-state index in [4.69, 9.17) is 23.7 Å². The molecule has 37 heavy (non-hydrogen) atoms. The number of carbonyl (C=O) groups is 3. The molecule has 1 aromatic carbocycles. The van der Waals surface area contributed by atoms with Crippen molar-refractivity contribution in [3.05, 3.63) is 22.8 Å². The molecule has 0 radical (unpaired) electrons. The van der Waals surface area contributed by atoms with E-state index in [1.54, 1.807) is 27.9 Å². The summed E-state index contributed by atoms with van der Waals surface area (Å²) in [4.78, 5) is 40.6. The minimum absolute atomic E-state index is 0.0155. The molecule has 0 bridgehead atoms. The summed E-state index contributed by atoms with van der Waals surface area (Å²) in [6.45, 7) is 10.4. The van der Waals surface area contributed by atoms with Crippen LogP contribution in [0.25, 0.3) is 0 Å². The largest absolute Gasteiger partial charge is 0.496 e. The molecule has 3 atom stereocenters. The van der Waals surface area contributed by atoms with Gasteiger partial charge in [-0.2, -0.15) is 4.90 Å². The summed E-state index contributed by atoms with van der Waals surface area (Å²) in [6.07, 6.45) is 2.51. The highest BCUT2D eigenvalue weighted by molar-refractivity contribution is 6.15. The van der Waals surface area contributed by atoms with Crippen molar-refractivity contribution in [1.82, 2.24) is 0 Å². The maximum Gasteiger partial charge on any atom is 0.424 e. The van der Waals surface area contributed by atoms with Crippen molar-refractivity contribution < 1.29 is 38.1 Å². The highest BCUT2D eigenvalue weighted by Gasteiger charge is 2.53. The van der Waals surface area contributed by atoms with Crippen molar-refractivity contribution in [1.29, 1.82) is 0 Å². The van der Waals surface area contributed by atoms with E-state index < -0.39 is 18.2 Å². The van der Waals surface area contributed by atoms with E-state index in [-0.39, 0.29) is 47.7 Å².